The average molecular weight is 356 g/mol. The van der Waals surface area contributed by atoms with Gasteiger partial charge in [0.25, 0.3) is 5.91 Å². The van der Waals surface area contributed by atoms with Crippen molar-refractivity contribution in [3.63, 3.8) is 0 Å². The molecule has 0 aliphatic heterocycles. The molecule has 0 atom stereocenters. The third kappa shape index (κ3) is 5.38. The van der Waals surface area contributed by atoms with Gasteiger partial charge in [-0.15, -0.1) is 0 Å². The predicted molar refractivity (Wildman–Crippen MR) is 87.6 cm³/mol. The van der Waals surface area contributed by atoms with E-state index in [2.05, 4.69) is 34.9 Å². The molecule has 1 amide bonds. The first kappa shape index (κ1) is 17.5. The van der Waals surface area contributed by atoms with E-state index in [0.717, 1.165) is 10.0 Å². The number of rotatable bonds is 6. The van der Waals surface area contributed by atoms with Gasteiger partial charge in [-0.3, -0.25) is 4.79 Å². The molecule has 0 saturated carbocycles. The molecule has 0 bridgehead atoms. The van der Waals surface area contributed by atoms with Crippen LogP contribution < -0.4 is 5.73 Å². The summed E-state index contributed by atoms with van der Waals surface area (Å²) in [5.74, 6) is 0.412. The van der Waals surface area contributed by atoms with Crippen molar-refractivity contribution < 1.29 is 10.0 Å². The van der Waals surface area contributed by atoms with Gasteiger partial charge in [0.1, 0.15) is 5.84 Å². The highest BCUT2D eigenvalue weighted by Gasteiger charge is 2.19. The van der Waals surface area contributed by atoms with Crippen molar-refractivity contribution in [2.24, 2.45) is 16.8 Å². The van der Waals surface area contributed by atoms with Gasteiger partial charge in [-0.1, -0.05) is 30.6 Å². The number of oxime groups is 1. The Hall–Kier alpha value is -1.56. The summed E-state index contributed by atoms with van der Waals surface area (Å²) < 4.78 is 0.774. The molecule has 0 aliphatic rings. The van der Waals surface area contributed by atoms with Crippen LogP contribution in [0.5, 0.6) is 0 Å². The minimum absolute atomic E-state index is 0.0509. The predicted octanol–water partition coefficient (Wildman–Crippen LogP) is 2.99. The van der Waals surface area contributed by atoms with E-state index in [1.807, 2.05) is 25.1 Å². The molecule has 1 aromatic carbocycles. The molecule has 0 radical (unpaired) electrons. The van der Waals surface area contributed by atoms with Crippen LogP contribution in [0.2, 0.25) is 0 Å². The Morgan fingerprint density at radius 2 is 2.14 bits per heavy atom. The van der Waals surface area contributed by atoms with Gasteiger partial charge >= 0.3 is 0 Å². The van der Waals surface area contributed by atoms with Crippen LogP contribution in [0, 0.1) is 12.8 Å². The number of carbonyl (C=O) groups excluding carboxylic acids is 1. The van der Waals surface area contributed by atoms with Gasteiger partial charge in [0.05, 0.1) is 5.56 Å². The molecule has 0 aromatic heterocycles. The van der Waals surface area contributed by atoms with Crippen molar-refractivity contribution in [2.45, 2.75) is 27.2 Å². The van der Waals surface area contributed by atoms with Crippen molar-refractivity contribution in [1.82, 2.24) is 4.90 Å². The Bertz CT molecular complexity index is 530. The first-order valence-electron chi connectivity index (χ1n) is 6.87. The maximum Gasteiger partial charge on any atom is 0.255 e. The second-order valence-corrected chi connectivity index (χ2v) is 6.32. The number of amidine groups is 1. The fourth-order valence-electron chi connectivity index (χ4n) is 1.99. The lowest BCUT2D eigenvalue weighted by Crippen LogP contribution is -2.37. The Morgan fingerprint density at radius 3 is 2.71 bits per heavy atom. The van der Waals surface area contributed by atoms with Crippen molar-refractivity contribution in [2.75, 3.05) is 13.1 Å². The summed E-state index contributed by atoms with van der Waals surface area (Å²) >= 11 is 3.42. The maximum absolute atomic E-state index is 12.7. The normalized spacial score (nSPS) is 11.8. The largest absolute Gasteiger partial charge is 0.409 e. The highest BCUT2D eigenvalue weighted by molar-refractivity contribution is 9.10. The summed E-state index contributed by atoms with van der Waals surface area (Å²) in [6.45, 7) is 7.10. The molecular formula is C15H22BrN3O2. The van der Waals surface area contributed by atoms with Crippen LogP contribution in [0.15, 0.2) is 27.8 Å². The van der Waals surface area contributed by atoms with E-state index in [9.17, 15) is 4.79 Å². The molecule has 116 valence electrons. The van der Waals surface area contributed by atoms with Crippen LogP contribution in [-0.4, -0.2) is 34.9 Å². The Balaban J connectivity index is 2.96. The third-order valence-corrected chi connectivity index (χ3v) is 3.68. The molecule has 0 spiro atoms. The third-order valence-electron chi connectivity index (χ3n) is 2.99. The van der Waals surface area contributed by atoms with E-state index in [-0.39, 0.29) is 11.7 Å². The lowest BCUT2D eigenvalue weighted by atomic mass is 10.1. The standard InChI is InChI=1S/C15H22BrN3O2/c1-10(2)9-19(7-6-14(17)18-21)15(20)12-8-11(3)4-5-13(12)16/h4-5,8,10,21H,6-7,9H2,1-3H3,(H2,17,18). The molecule has 6 heteroatoms. The molecule has 5 nitrogen and oxygen atoms in total. The number of nitrogens with zero attached hydrogens (tertiary/aromatic N) is 2. The molecule has 21 heavy (non-hydrogen) atoms. The van der Waals surface area contributed by atoms with Gasteiger partial charge < -0.3 is 15.8 Å². The van der Waals surface area contributed by atoms with E-state index >= 15 is 0 Å². The summed E-state index contributed by atoms with van der Waals surface area (Å²) in [5.41, 5.74) is 7.16. The summed E-state index contributed by atoms with van der Waals surface area (Å²) in [6.07, 6.45) is 0.346. The Kier molecular flexibility index (Phi) is 6.68. The van der Waals surface area contributed by atoms with Crippen LogP contribution in [0.3, 0.4) is 0 Å². The van der Waals surface area contributed by atoms with E-state index < -0.39 is 0 Å². The molecule has 1 aromatic rings. The van der Waals surface area contributed by atoms with Gasteiger partial charge in [-0.2, -0.15) is 0 Å². The van der Waals surface area contributed by atoms with Gasteiger partial charge in [-0.05, 0) is 40.9 Å². The number of benzene rings is 1. The molecular weight excluding hydrogens is 334 g/mol. The minimum atomic E-state index is -0.0509. The van der Waals surface area contributed by atoms with E-state index in [1.54, 1.807) is 4.90 Å². The highest BCUT2D eigenvalue weighted by atomic mass is 79.9. The Labute approximate surface area is 133 Å². The highest BCUT2D eigenvalue weighted by Crippen LogP contribution is 2.20. The molecule has 0 fully saturated rings. The SMILES string of the molecule is Cc1ccc(Br)c(C(=O)N(CC/C(N)=N/O)CC(C)C)c1. The summed E-state index contributed by atoms with van der Waals surface area (Å²) in [5, 5.41) is 11.6. The first-order valence-corrected chi connectivity index (χ1v) is 7.66. The number of nitrogens with two attached hydrogens (primary N) is 1. The number of hydrogen-bond donors (Lipinski definition) is 2. The van der Waals surface area contributed by atoms with Crippen molar-refractivity contribution in [3.8, 4) is 0 Å². The number of amides is 1. The fourth-order valence-corrected chi connectivity index (χ4v) is 2.41. The smallest absolute Gasteiger partial charge is 0.255 e. The molecule has 0 heterocycles. The van der Waals surface area contributed by atoms with Crippen LogP contribution in [0.4, 0.5) is 0 Å². The van der Waals surface area contributed by atoms with Crippen LogP contribution in [0.25, 0.3) is 0 Å². The van der Waals surface area contributed by atoms with E-state index in [4.69, 9.17) is 10.9 Å². The zero-order chi connectivity index (χ0) is 16.0. The topological polar surface area (TPSA) is 78.9 Å². The number of halogens is 1. The lowest BCUT2D eigenvalue weighted by Gasteiger charge is -2.25. The van der Waals surface area contributed by atoms with E-state index in [0.29, 0.717) is 31.0 Å². The van der Waals surface area contributed by atoms with Crippen molar-refractivity contribution in [3.05, 3.63) is 33.8 Å². The maximum atomic E-state index is 12.7. The number of hydrogen-bond acceptors (Lipinski definition) is 3. The first-order chi connectivity index (χ1) is 9.85. The molecule has 1 rings (SSSR count). The zero-order valence-corrected chi connectivity index (χ0v) is 14.2. The number of aryl methyl sites for hydroxylation is 1. The zero-order valence-electron chi connectivity index (χ0n) is 12.6. The van der Waals surface area contributed by atoms with Crippen molar-refractivity contribution >= 4 is 27.7 Å². The number of carbonyl (C=O) groups is 1. The molecule has 0 aliphatic carbocycles. The van der Waals surface area contributed by atoms with Gasteiger partial charge in [0, 0.05) is 24.0 Å². The summed E-state index contributed by atoms with van der Waals surface area (Å²) in [4.78, 5) is 14.4. The van der Waals surface area contributed by atoms with Gasteiger partial charge in [0.2, 0.25) is 0 Å². The van der Waals surface area contributed by atoms with Crippen LogP contribution in [0.1, 0.15) is 36.2 Å². The Morgan fingerprint density at radius 1 is 1.48 bits per heavy atom. The second-order valence-electron chi connectivity index (χ2n) is 5.47. The average Bonchev–Trinajstić information content (AvgIpc) is 2.44. The van der Waals surface area contributed by atoms with E-state index in [1.165, 1.54) is 0 Å². The monoisotopic (exact) mass is 355 g/mol. The second kappa shape index (κ2) is 8.02. The minimum Gasteiger partial charge on any atom is -0.409 e. The van der Waals surface area contributed by atoms with Gasteiger partial charge in [0.15, 0.2) is 0 Å². The molecule has 0 saturated heterocycles. The van der Waals surface area contributed by atoms with Crippen molar-refractivity contribution in [1.29, 1.82) is 0 Å². The van der Waals surface area contributed by atoms with Crippen LogP contribution in [-0.2, 0) is 0 Å². The molecule has 0 unspecified atom stereocenters. The lowest BCUT2D eigenvalue weighted by molar-refractivity contribution is 0.0739. The van der Waals surface area contributed by atoms with Gasteiger partial charge in [-0.25, -0.2) is 0 Å². The van der Waals surface area contributed by atoms with Crippen LogP contribution >= 0.6 is 15.9 Å². The quantitative estimate of drug-likeness (QED) is 0.356. The summed E-state index contributed by atoms with van der Waals surface area (Å²) in [7, 11) is 0. The molecule has 3 N–H and O–H groups in total. The fraction of sp³-hybridized carbons (Fsp3) is 0.467. The summed E-state index contributed by atoms with van der Waals surface area (Å²) in [6, 6.07) is 5.69.